The molecule has 0 spiro atoms. The highest BCUT2D eigenvalue weighted by molar-refractivity contribution is 8.00. The van der Waals surface area contributed by atoms with Crippen molar-refractivity contribution in [3.63, 3.8) is 0 Å². The van der Waals surface area contributed by atoms with E-state index in [4.69, 9.17) is 11.6 Å². The van der Waals surface area contributed by atoms with E-state index in [1.165, 1.54) is 23.1 Å². The van der Waals surface area contributed by atoms with Crippen LogP contribution in [-0.2, 0) is 11.3 Å². The molecule has 10 heteroatoms. The van der Waals surface area contributed by atoms with Crippen molar-refractivity contribution in [3.8, 4) is 11.4 Å². The van der Waals surface area contributed by atoms with Crippen molar-refractivity contribution in [2.24, 2.45) is 0 Å². The average molecular weight is 421 g/mol. The molecule has 1 amide bonds. The van der Waals surface area contributed by atoms with Crippen LogP contribution in [0.5, 0.6) is 0 Å². The highest BCUT2D eigenvalue weighted by Crippen LogP contribution is 2.28. The molecule has 7 nitrogen and oxygen atoms in total. The summed E-state index contributed by atoms with van der Waals surface area (Å²) < 4.78 is 1.92. The Labute approximate surface area is 169 Å². The van der Waals surface area contributed by atoms with Gasteiger partial charge in [0.25, 0.3) is 0 Å². The number of carbonyl (C=O) groups excluding carboxylic acids is 1. The first-order chi connectivity index (χ1) is 13.0. The zero-order valence-corrected chi connectivity index (χ0v) is 17.1. The number of carbonyl (C=O) groups is 1. The summed E-state index contributed by atoms with van der Waals surface area (Å²) in [6, 6.07) is 7.37. The number of rotatable bonds is 7. The van der Waals surface area contributed by atoms with E-state index in [-0.39, 0.29) is 11.2 Å². The molecule has 0 unspecified atom stereocenters. The van der Waals surface area contributed by atoms with Gasteiger partial charge in [-0.2, -0.15) is 0 Å². The number of aryl methyl sites for hydroxylation is 1. The minimum absolute atomic E-state index is 0.169. The highest BCUT2D eigenvalue weighted by Gasteiger charge is 2.21. The van der Waals surface area contributed by atoms with Gasteiger partial charge in [-0.1, -0.05) is 40.8 Å². The van der Waals surface area contributed by atoms with Gasteiger partial charge in [-0.15, -0.1) is 27.0 Å². The predicted molar refractivity (Wildman–Crippen MR) is 109 cm³/mol. The molecular formula is C17H17ClN6OS2. The van der Waals surface area contributed by atoms with Crippen molar-refractivity contribution < 1.29 is 4.79 Å². The Kier molecular flexibility index (Phi) is 6.25. The maximum Gasteiger partial charge on any atom is 0.239 e. The molecule has 2 aromatic heterocycles. The quantitative estimate of drug-likeness (QED) is 0.458. The van der Waals surface area contributed by atoms with Crippen molar-refractivity contribution in [2.75, 3.05) is 5.32 Å². The summed E-state index contributed by atoms with van der Waals surface area (Å²) in [6.07, 6.45) is 1.77. The maximum atomic E-state index is 12.4. The molecule has 1 aromatic carbocycles. The van der Waals surface area contributed by atoms with Crippen molar-refractivity contribution in [2.45, 2.75) is 30.8 Å². The largest absolute Gasteiger partial charge is 0.300 e. The fraction of sp³-hybridized carbons (Fsp3) is 0.235. The number of allylic oxidation sites excluding steroid dienone is 1. The summed E-state index contributed by atoms with van der Waals surface area (Å²) >= 11 is 8.62. The summed E-state index contributed by atoms with van der Waals surface area (Å²) in [4.78, 5) is 12.4. The number of nitrogens with one attached hydrogen (secondary N) is 1. The molecule has 3 aromatic rings. The van der Waals surface area contributed by atoms with Crippen molar-refractivity contribution in [3.05, 3.63) is 47.0 Å². The fourth-order valence-corrected chi connectivity index (χ4v) is 3.83. The van der Waals surface area contributed by atoms with Gasteiger partial charge in [0.2, 0.25) is 11.0 Å². The number of hydrogen-bond acceptors (Lipinski definition) is 7. The van der Waals surface area contributed by atoms with Gasteiger partial charge in [0, 0.05) is 17.1 Å². The Balaban J connectivity index is 1.78. The van der Waals surface area contributed by atoms with E-state index in [2.05, 4.69) is 32.3 Å². The third kappa shape index (κ3) is 4.74. The molecule has 0 saturated carbocycles. The normalized spacial score (nSPS) is 12.0. The topological polar surface area (TPSA) is 85.6 Å². The van der Waals surface area contributed by atoms with Crippen LogP contribution in [0.15, 0.2) is 42.1 Å². The summed E-state index contributed by atoms with van der Waals surface area (Å²) in [5, 5.41) is 21.3. The Morgan fingerprint density at radius 2 is 2.07 bits per heavy atom. The van der Waals surface area contributed by atoms with Crippen LogP contribution in [-0.4, -0.2) is 36.1 Å². The first kappa shape index (κ1) is 19.5. The Morgan fingerprint density at radius 3 is 2.70 bits per heavy atom. The van der Waals surface area contributed by atoms with Crippen LogP contribution in [0.2, 0.25) is 5.02 Å². The minimum atomic E-state index is -0.389. The lowest BCUT2D eigenvalue weighted by atomic mass is 10.2. The van der Waals surface area contributed by atoms with Crippen molar-refractivity contribution in [1.82, 2.24) is 25.0 Å². The van der Waals surface area contributed by atoms with Crippen LogP contribution < -0.4 is 5.32 Å². The molecule has 1 atom stereocenters. The number of hydrogen-bond donors (Lipinski definition) is 1. The number of anilines is 1. The molecular weight excluding hydrogens is 404 g/mol. The molecule has 0 saturated heterocycles. The number of thioether (sulfide) groups is 1. The molecule has 140 valence electrons. The van der Waals surface area contributed by atoms with Crippen LogP contribution in [0.3, 0.4) is 0 Å². The molecule has 0 aliphatic heterocycles. The fourth-order valence-electron chi connectivity index (χ4n) is 2.25. The zero-order chi connectivity index (χ0) is 19.4. The standard InChI is InChI=1S/C17H17ClN6OS2/c1-4-9-24-14(12-5-7-13(18)8-6-12)21-23-17(24)26-10(2)15(25)19-16-22-20-11(3)27-16/h4-8,10H,1,9H2,2-3H3,(H,19,22,25)/t10-/m0/s1. The van der Waals surface area contributed by atoms with E-state index >= 15 is 0 Å². The van der Waals surface area contributed by atoms with E-state index in [1.807, 2.05) is 30.5 Å². The second-order valence-corrected chi connectivity index (χ2v) is 8.51. The molecule has 1 N–H and O–H groups in total. The first-order valence-electron chi connectivity index (χ1n) is 8.05. The van der Waals surface area contributed by atoms with E-state index in [1.54, 1.807) is 18.2 Å². The lowest BCUT2D eigenvalue weighted by Crippen LogP contribution is -2.22. The predicted octanol–water partition coefficient (Wildman–Crippen LogP) is 4.06. The van der Waals surface area contributed by atoms with Crippen molar-refractivity contribution >= 4 is 45.7 Å². The van der Waals surface area contributed by atoms with Crippen molar-refractivity contribution in [1.29, 1.82) is 0 Å². The monoisotopic (exact) mass is 420 g/mol. The zero-order valence-electron chi connectivity index (χ0n) is 14.7. The molecule has 0 aliphatic carbocycles. The third-order valence-corrected chi connectivity index (χ3v) is 5.63. The van der Waals surface area contributed by atoms with E-state index in [9.17, 15) is 4.79 Å². The van der Waals surface area contributed by atoms with Gasteiger partial charge < -0.3 is 0 Å². The minimum Gasteiger partial charge on any atom is -0.300 e. The maximum absolute atomic E-state index is 12.4. The number of nitrogens with zero attached hydrogens (tertiary/aromatic N) is 5. The second kappa shape index (κ2) is 8.64. The molecule has 27 heavy (non-hydrogen) atoms. The highest BCUT2D eigenvalue weighted by atomic mass is 35.5. The van der Waals surface area contributed by atoms with Gasteiger partial charge in [-0.25, -0.2) is 0 Å². The van der Waals surface area contributed by atoms with Gasteiger partial charge in [-0.05, 0) is 38.1 Å². The number of benzene rings is 1. The van der Waals surface area contributed by atoms with Gasteiger partial charge in [0.1, 0.15) is 5.01 Å². The third-order valence-electron chi connectivity index (χ3n) is 3.54. The number of halogens is 1. The molecule has 2 heterocycles. The van der Waals surface area contributed by atoms with E-state index in [0.717, 1.165) is 10.6 Å². The molecule has 0 bridgehead atoms. The lowest BCUT2D eigenvalue weighted by molar-refractivity contribution is -0.115. The molecule has 3 rings (SSSR count). The Hall–Kier alpha value is -2.23. The molecule has 0 fully saturated rings. The lowest BCUT2D eigenvalue weighted by Gasteiger charge is -2.11. The second-order valence-electron chi connectivity index (χ2n) is 5.59. The molecule has 0 radical (unpaired) electrons. The van der Waals surface area contributed by atoms with Gasteiger partial charge in [0.05, 0.1) is 5.25 Å². The first-order valence-corrected chi connectivity index (χ1v) is 10.1. The smallest absolute Gasteiger partial charge is 0.239 e. The Morgan fingerprint density at radius 1 is 1.33 bits per heavy atom. The Bertz CT molecular complexity index is 953. The summed E-state index contributed by atoms with van der Waals surface area (Å²) in [7, 11) is 0. The SMILES string of the molecule is C=CCn1c(S[C@@H](C)C(=O)Nc2nnc(C)s2)nnc1-c1ccc(Cl)cc1. The molecule has 0 aliphatic rings. The van der Waals surface area contributed by atoms with E-state index < -0.39 is 0 Å². The van der Waals surface area contributed by atoms with Crippen LogP contribution in [0.1, 0.15) is 11.9 Å². The summed E-state index contributed by atoms with van der Waals surface area (Å²) in [6.45, 7) is 7.97. The number of aromatic nitrogens is 5. The van der Waals surface area contributed by atoms with Gasteiger partial charge >= 0.3 is 0 Å². The van der Waals surface area contributed by atoms with Gasteiger partial charge in [0.15, 0.2) is 11.0 Å². The summed E-state index contributed by atoms with van der Waals surface area (Å²) in [5.41, 5.74) is 0.891. The van der Waals surface area contributed by atoms with Crippen LogP contribution in [0, 0.1) is 6.92 Å². The van der Waals surface area contributed by atoms with E-state index in [0.29, 0.717) is 27.7 Å². The van der Waals surface area contributed by atoms with Gasteiger partial charge in [-0.3, -0.25) is 14.7 Å². The van der Waals surface area contributed by atoms with Crippen LogP contribution in [0.4, 0.5) is 5.13 Å². The van der Waals surface area contributed by atoms with Crippen LogP contribution >= 0.6 is 34.7 Å². The summed E-state index contributed by atoms with van der Waals surface area (Å²) in [5.74, 6) is 0.527. The van der Waals surface area contributed by atoms with Crippen LogP contribution in [0.25, 0.3) is 11.4 Å². The number of amides is 1. The average Bonchev–Trinajstić information content (AvgIpc) is 3.22.